The zero-order chi connectivity index (χ0) is 28.1. The predicted octanol–water partition coefficient (Wildman–Crippen LogP) is 5.52. The molecular formula is C25H30Cl2F2N4O4S. The summed E-state index contributed by atoms with van der Waals surface area (Å²) in [7, 11) is 0. The highest BCUT2D eigenvalue weighted by molar-refractivity contribution is 7.11. The number of piperidine rings is 1. The fraction of sp³-hybridized carbons (Fsp3) is 0.440. The van der Waals surface area contributed by atoms with Crippen LogP contribution in [0.2, 0.25) is 10.0 Å². The summed E-state index contributed by atoms with van der Waals surface area (Å²) < 4.78 is 32.4. The molecule has 2 aromatic rings. The van der Waals surface area contributed by atoms with Gasteiger partial charge in [-0.1, -0.05) is 36.2 Å². The van der Waals surface area contributed by atoms with E-state index in [1.165, 1.54) is 11.3 Å². The lowest BCUT2D eigenvalue weighted by atomic mass is 10.1. The van der Waals surface area contributed by atoms with Crippen molar-refractivity contribution in [3.8, 4) is 0 Å². The number of amidine groups is 1. The van der Waals surface area contributed by atoms with Crippen LogP contribution < -0.4 is 5.32 Å². The number of thiazole rings is 1. The zero-order valence-corrected chi connectivity index (χ0v) is 23.4. The highest BCUT2D eigenvalue weighted by atomic mass is 35.5. The van der Waals surface area contributed by atoms with Crippen molar-refractivity contribution in [1.82, 2.24) is 15.2 Å². The molecule has 1 aromatic carbocycles. The van der Waals surface area contributed by atoms with Gasteiger partial charge in [0.05, 0.1) is 25.3 Å². The van der Waals surface area contributed by atoms with Crippen LogP contribution >= 0.6 is 34.5 Å². The van der Waals surface area contributed by atoms with Gasteiger partial charge in [-0.25, -0.2) is 18.6 Å². The molecule has 38 heavy (non-hydrogen) atoms. The monoisotopic (exact) mass is 590 g/mol. The molecule has 1 aromatic heterocycles. The fourth-order valence-electron chi connectivity index (χ4n) is 3.38. The third-order valence-electron chi connectivity index (χ3n) is 5.13. The van der Waals surface area contributed by atoms with Crippen LogP contribution in [0.15, 0.2) is 52.1 Å². The van der Waals surface area contributed by atoms with Crippen LogP contribution in [0.25, 0.3) is 0 Å². The second-order valence-corrected chi connectivity index (χ2v) is 9.93. The maximum atomic E-state index is 13.7. The van der Waals surface area contributed by atoms with E-state index in [1.807, 2.05) is 11.4 Å². The van der Waals surface area contributed by atoms with Crippen molar-refractivity contribution in [3.05, 3.63) is 62.2 Å². The molecule has 2 N–H and O–H groups in total. The average Bonchev–Trinajstić information content (AvgIpc) is 3.39. The number of halogens is 4. The van der Waals surface area contributed by atoms with Gasteiger partial charge in [0.15, 0.2) is 10.8 Å². The topological polar surface area (TPSA) is 104 Å². The summed E-state index contributed by atoms with van der Waals surface area (Å²) in [6, 6.07) is 7.08. The van der Waals surface area contributed by atoms with E-state index in [0.29, 0.717) is 45.1 Å². The van der Waals surface area contributed by atoms with Gasteiger partial charge in [0, 0.05) is 46.7 Å². The Kier molecular flexibility index (Phi) is 13.1. The first kappa shape index (κ1) is 31.6. The first-order valence-electron chi connectivity index (χ1n) is 11.9. The lowest BCUT2D eigenvalue weighted by Gasteiger charge is -2.34. The molecule has 0 spiro atoms. The van der Waals surface area contributed by atoms with Crippen molar-refractivity contribution in [2.75, 3.05) is 32.8 Å². The highest BCUT2D eigenvalue weighted by Gasteiger charge is 2.36. The predicted molar refractivity (Wildman–Crippen MR) is 145 cm³/mol. The van der Waals surface area contributed by atoms with Crippen LogP contribution in [0.4, 0.5) is 8.78 Å². The fourth-order valence-corrected chi connectivity index (χ4v) is 4.41. The quantitative estimate of drug-likeness (QED) is 0.427. The van der Waals surface area contributed by atoms with Gasteiger partial charge in [0.1, 0.15) is 0 Å². The number of hydrogen-bond acceptors (Lipinski definition) is 8. The van der Waals surface area contributed by atoms with E-state index in [-0.39, 0.29) is 39.1 Å². The third-order valence-corrected chi connectivity index (χ3v) is 6.38. The minimum atomic E-state index is -2.69. The summed E-state index contributed by atoms with van der Waals surface area (Å²) in [5.74, 6) is -3.34. The number of aliphatic imine (C=N–C) groups is 1. The van der Waals surface area contributed by atoms with Crippen LogP contribution in [0.1, 0.15) is 38.1 Å². The van der Waals surface area contributed by atoms with E-state index in [9.17, 15) is 18.4 Å². The van der Waals surface area contributed by atoms with E-state index in [4.69, 9.17) is 33.0 Å². The molecule has 1 fully saturated rings. The number of aliphatic carboxylic acids is 1. The van der Waals surface area contributed by atoms with Gasteiger partial charge < -0.3 is 15.2 Å². The Hall–Kier alpha value is -2.60. The summed E-state index contributed by atoms with van der Waals surface area (Å²) in [6.07, 6.45) is 2.23. The van der Waals surface area contributed by atoms with E-state index in [2.05, 4.69) is 15.3 Å². The van der Waals surface area contributed by atoms with E-state index in [1.54, 1.807) is 43.1 Å². The zero-order valence-electron chi connectivity index (χ0n) is 21.1. The molecular weight excluding hydrogens is 561 g/mol. The maximum Gasteiger partial charge on any atom is 0.337 e. The molecule has 3 heterocycles. The number of nitrogens with zero attached hydrogens (tertiary/aromatic N) is 3. The summed E-state index contributed by atoms with van der Waals surface area (Å²) >= 11 is 12.5. The maximum absolute atomic E-state index is 13.7. The minimum Gasteiger partial charge on any atom is -0.481 e. The molecule has 0 unspecified atom stereocenters. The number of esters is 1. The van der Waals surface area contributed by atoms with Gasteiger partial charge in [-0.15, -0.1) is 11.3 Å². The Morgan fingerprint density at radius 2 is 1.95 bits per heavy atom. The minimum absolute atomic E-state index is 0.0907. The first-order chi connectivity index (χ1) is 18.0. The number of benzene rings is 1. The standard InChI is InChI=1S/C16H20F2N4O2S.C6H4Cl2.C3H6O2/c1-2-24-15(23)11-8-20-13(14-19-5-7-25-14)21-12(11)9-22-6-3-4-16(17,18)10-22;7-5-2-1-3-6(8)4-5;1-2-3(4)5/h5,7H,2-4,6,8-10H2,1H3,(H,20,21);1-4H;2H2,1H3,(H,4,5). The third kappa shape index (κ3) is 11.0. The Morgan fingerprint density at radius 3 is 2.45 bits per heavy atom. The van der Waals surface area contributed by atoms with Crippen molar-refractivity contribution >= 4 is 52.3 Å². The molecule has 0 saturated carbocycles. The Morgan fingerprint density at radius 1 is 1.26 bits per heavy atom. The number of nitrogens with one attached hydrogen (secondary N) is 1. The molecule has 4 rings (SSSR count). The molecule has 0 amide bonds. The van der Waals surface area contributed by atoms with Crippen molar-refractivity contribution in [1.29, 1.82) is 0 Å². The summed E-state index contributed by atoms with van der Waals surface area (Å²) in [4.78, 5) is 31.8. The van der Waals surface area contributed by atoms with Gasteiger partial charge in [-0.2, -0.15) is 0 Å². The van der Waals surface area contributed by atoms with Crippen LogP contribution in [-0.4, -0.2) is 71.5 Å². The number of aromatic nitrogens is 1. The van der Waals surface area contributed by atoms with Gasteiger partial charge in [0.2, 0.25) is 0 Å². The number of likely N-dealkylation sites (tertiary alicyclic amines) is 1. The summed E-state index contributed by atoms with van der Waals surface area (Å²) in [5, 5.41) is 14.7. The molecule has 0 radical (unpaired) electrons. The smallest absolute Gasteiger partial charge is 0.337 e. The van der Waals surface area contributed by atoms with Gasteiger partial charge in [-0.05, 0) is 38.1 Å². The number of ether oxygens (including phenoxy) is 1. The second kappa shape index (κ2) is 15.7. The highest BCUT2D eigenvalue weighted by Crippen LogP contribution is 2.27. The number of carboxylic acid groups (broad SMARTS) is 1. The molecule has 2 aliphatic heterocycles. The normalized spacial score (nSPS) is 16.6. The van der Waals surface area contributed by atoms with Gasteiger partial charge in [-0.3, -0.25) is 14.7 Å². The molecule has 0 aliphatic carbocycles. The van der Waals surface area contributed by atoms with Crippen molar-refractivity contribution < 1.29 is 28.2 Å². The van der Waals surface area contributed by atoms with Crippen molar-refractivity contribution in [3.63, 3.8) is 0 Å². The first-order valence-corrected chi connectivity index (χ1v) is 13.5. The summed E-state index contributed by atoms with van der Waals surface area (Å²) in [6.45, 7) is 4.22. The van der Waals surface area contributed by atoms with Crippen molar-refractivity contribution in [2.24, 2.45) is 4.99 Å². The molecule has 13 heteroatoms. The van der Waals surface area contributed by atoms with Crippen LogP contribution in [0.3, 0.4) is 0 Å². The SMILES string of the molecule is CCC(=O)O.CCOC(=O)C1=C(CN2CCCC(F)(F)C2)NC(c2nccs2)=NC1.Clc1cccc(Cl)c1. The lowest BCUT2D eigenvalue weighted by Crippen LogP contribution is -2.46. The molecule has 1 saturated heterocycles. The lowest BCUT2D eigenvalue weighted by molar-refractivity contribution is -0.139. The van der Waals surface area contributed by atoms with Crippen molar-refractivity contribution in [2.45, 2.75) is 39.0 Å². The van der Waals surface area contributed by atoms with Crippen LogP contribution in [0.5, 0.6) is 0 Å². The Labute approximate surface area is 234 Å². The molecule has 8 nitrogen and oxygen atoms in total. The molecule has 2 aliphatic rings. The van der Waals surface area contributed by atoms with E-state index in [0.717, 1.165) is 0 Å². The van der Waals surface area contributed by atoms with E-state index < -0.39 is 17.9 Å². The number of rotatable bonds is 6. The number of carboxylic acids is 1. The van der Waals surface area contributed by atoms with Gasteiger partial charge in [0.25, 0.3) is 5.92 Å². The van der Waals surface area contributed by atoms with Crippen LogP contribution in [0, 0.1) is 0 Å². The number of carbonyl (C=O) groups is 2. The largest absolute Gasteiger partial charge is 0.481 e. The molecule has 0 atom stereocenters. The summed E-state index contributed by atoms with van der Waals surface area (Å²) in [5.41, 5.74) is 0.951. The Balaban J connectivity index is 0.000000320. The number of carbonyl (C=O) groups excluding carboxylic acids is 1. The molecule has 208 valence electrons. The number of alkyl halides is 2. The molecule has 0 bridgehead atoms. The number of hydrogen-bond donors (Lipinski definition) is 2. The second-order valence-electron chi connectivity index (χ2n) is 8.16. The van der Waals surface area contributed by atoms with E-state index >= 15 is 0 Å². The van der Waals surface area contributed by atoms with Gasteiger partial charge >= 0.3 is 11.9 Å². The van der Waals surface area contributed by atoms with Crippen LogP contribution in [-0.2, 0) is 14.3 Å². The average molecular weight is 592 g/mol. The Bertz CT molecular complexity index is 1110.